The van der Waals surface area contributed by atoms with Crippen LogP contribution in [0.15, 0.2) is 78.9 Å². The zero-order valence-electron chi connectivity index (χ0n) is 19.0. The maximum atomic E-state index is 12.2. The molecule has 0 N–H and O–H groups in total. The van der Waals surface area contributed by atoms with Crippen molar-refractivity contribution >= 4 is 17.2 Å². The Balaban J connectivity index is 1.66. The minimum Gasteiger partial charge on any atom is -0.497 e. The average Bonchev–Trinajstić information content (AvgIpc) is 3.28. The number of nitro groups is 1. The van der Waals surface area contributed by atoms with E-state index in [0.29, 0.717) is 53.3 Å². The molecule has 0 unspecified atom stereocenters. The number of rotatable bonds is 9. The molecule has 0 aromatic heterocycles. The fourth-order valence-electron chi connectivity index (χ4n) is 4.07. The molecule has 34 heavy (non-hydrogen) atoms. The lowest BCUT2D eigenvalue weighted by atomic mass is 9.93. The number of hydrogen-bond donors (Lipinski definition) is 0. The maximum absolute atomic E-state index is 12.2. The molecule has 3 aromatic carbocycles. The highest BCUT2D eigenvalue weighted by Gasteiger charge is 2.24. The van der Waals surface area contributed by atoms with Gasteiger partial charge in [-0.2, -0.15) is 0 Å². The molecule has 3 aromatic rings. The highest BCUT2D eigenvalue weighted by atomic mass is 16.6. The van der Waals surface area contributed by atoms with Gasteiger partial charge in [0.25, 0.3) is 5.70 Å². The molecule has 0 saturated carbocycles. The Bertz CT molecular complexity index is 1170. The van der Waals surface area contributed by atoms with Crippen molar-refractivity contribution in [1.82, 2.24) is 4.90 Å². The molecule has 1 amide bonds. The van der Waals surface area contributed by atoms with E-state index in [1.54, 1.807) is 55.6 Å². The summed E-state index contributed by atoms with van der Waals surface area (Å²) < 4.78 is 11.1. The van der Waals surface area contributed by atoms with Crippen LogP contribution in [0.3, 0.4) is 0 Å². The third kappa shape index (κ3) is 5.26. The van der Waals surface area contributed by atoms with Gasteiger partial charge in [-0.15, -0.1) is 0 Å². The predicted molar refractivity (Wildman–Crippen MR) is 130 cm³/mol. The second-order valence-electron chi connectivity index (χ2n) is 7.93. The van der Waals surface area contributed by atoms with E-state index in [4.69, 9.17) is 9.47 Å². The smallest absolute Gasteiger partial charge is 0.284 e. The summed E-state index contributed by atoms with van der Waals surface area (Å²) in [5.74, 6) is 1.49. The van der Waals surface area contributed by atoms with Crippen LogP contribution in [0.5, 0.6) is 11.5 Å². The van der Waals surface area contributed by atoms with E-state index in [1.807, 2.05) is 35.2 Å². The summed E-state index contributed by atoms with van der Waals surface area (Å²) in [6.45, 7) is 1.73. The molecule has 1 aliphatic heterocycles. The Morgan fingerprint density at radius 2 is 1.53 bits per heavy atom. The Morgan fingerprint density at radius 3 is 2.06 bits per heavy atom. The van der Waals surface area contributed by atoms with E-state index in [9.17, 15) is 14.9 Å². The molecule has 7 nitrogen and oxygen atoms in total. The van der Waals surface area contributed by atoms with Crippen LogP contribution in [0.1, 0.15) is 29.5 Å². The molecule has 0 spiro atoms. The Labute approximate surface area is 198 Å². The van der Waals surface area contributed by atoms with Crippen molar-refractivity contribution in [2.45, 2.75) is 12.8 Å². The van der Waals surface area contributed by atoms with Crippen LogP contribution in [0.4, 0.5) is 0 Å². The van der Waals surface area contributed by atoms with Crippen molar-refractivity contribution in [1.29, 1.82) is 0 Å². The predicted octanol–water partition coefficient (Wildman–Crippen LogP) is 4.89. The van der Waals surface area contributed by atoms with Gasteiger partial charge in [0.2, 0.25) is 5.91 Å². The molecule has 7 heteroatoms. The molecule has 1 fully saturated rings. The monoisotopic (exact) mass is 458 g/mol. The molecule has 0 bridgehead atoms. The number of carbonyl (C=O) groups excluding carboxylic acids is 1. The molecule has 1 heterocycles. The molecule has 0 radical (unpaired) electrons. The van der Waals surface area contributed by atoms with Crippen LogP contribution >= 0.6 is 0 Å². The number of hydrogen-bond acceptors (Lipinski definition) is 5. The fourth-order valence-corrected chi connectivity index (χ4v) is 4.07. The van der Waals surface area contributed by atoms with Gasteiger partial charge in [0.1, 0.15) is 18.1 Å². The molecule has 1 saturated heterocycles. The largest absolute Gasteiger partial charge is 0.497 e. The van der Waals surface area contributed by atoms with Gasteiger partial charge in [0.15, 0.2) is 0 Å². The van der Waals surface area contributed by atoms with Crippen molar-refractivity contribution in [3.63, 3.8) is 0 Å². The van der Waals surface area contributed by atoms with E-state index in [2.05, 4.69) is 0 Å². The van der Waals surface area contributed by atoms with Gasteiger partial charge in [-0.25, -0.2) is 0 Å². The van der Waals surface area contributed by atoms with Gasteiger partial charge in [-0.05, 0) is 53.9 Å². The van der Waals surface area contributed by atoms with Gasteiger partial charge in [-0.1, -0.05) is 42.5 Å². The first-order valence-electron chi connectivity index (χ1n) is 11.2. The summed E-state index contributed by atoms with van der Waals surface area (Å²) in [6.07, 6.45) is 1.50. The molecule has 1 aliphatic rings. The number of amides is 1. The van der Waals surface area contributed by atoms with Crippen molar-refractivity contribution in [3.05, 3.63) is 106 Å². The second-order valence-corrected chi connectivity index (χ2v) is 7.93. The highest BCUT2D eigenvalue weighted by Crippen LogP contribution is 2.34. The SMILES string of the molecule is COc1ccc(/C(=C(/c2ccccc2)[N+](=O)[O-])c2ccc(OCCN3CCCC3=O)cc2)cc1. The van der Waals surface area contributed by atoms with Crippen molar-refractivity contribution in [3.8, 4) is 11.5 Å². The zero-order chi connectivity index (χ0) is 23.9. The topological polar surface area (TPSA) is 81.9 Å². The molecular weight excluding hydrogens is 432 g/mol. The van der Waals surface area contributed by atoms with Crippen molar-refractivity contribution in [2.75, 3.05) is 26.8 Å². The van der Waals surface area contributed by atoms with E-state index in [0.717, 1.165) is 13.0 Å². The normalized spacial score (nSPS) is 14.0. The van der Waals surface area contributed by atoms with Crippen molar-refractivity contribution < 1.29 is 19.2 Å². The summed E-state index contributed by atoms with van der Waals surface area (Å²) in [4.78, 5) is 25.5. The third-order valence-electron chi connectivity index (χ3n) is 5.79. The lowest BCUT2D eigenvalue weighted by molar-refractivity contribution is -0.374. The molecular formula is C27H26N2O5. The number of carbonyl (C=O) groups is 1. The summed E-state index contributed by atoms with van der Waals surface area (Å²) >= 11 is 0. The van der Waals surface area contributed by atoms with Crippen molar-refractivity contribution in [2.24, 2.45) is 0 Å². The van der Waals surface area contributed by atoms with E-state index < -0.39 is 0 Å². The second kappa shape index (κ2) is 10.7. The van der Waals surface area contributed by atoms with Crippen LogP contribution in [0.25, 0.3) is 11.3 Å². The lowest BCUT2D eigenvalue weighted by Crippen LogP contribution is -2.29. The van der Waals surface area contributed by atoms with Crippen LogP contribution in [0, 0.1) is 10.1 Å². The van der Waals surface area contributed by atoms with Gasteiger partial charge >= 0.3 is 0 Å². The average molecular weight is 459 g/mol. The molecule has 0 atom stereocenters. The summed E-state index contributed by atoms with van der Waals surface area (Å²) in [5, 5.41) is 12.2. The van der Waals surface area contributed by atoms with Crippen LogP contribution < -0.4 is 9.47 Å². The Hall–Kier alpha value is -4.13. The fraction of sp³-hybridized carbons (Fsp3) is 0.222. The molecule has 4 rings (SSSR count). The van der Waals surface area contributed by atoms with Gasteiger partial charge < -0.3 is 14.4 Å². The van der Waals surface area contributed by atoms with Crippen LogP contribution in [0.2, 0.25) is 0 Å². The summed E-state index contributed by atoms with van der Waals surface area (Å²) in [6, 6.07) is 23.3. The maximum Gasteiger partial charge on any atom is 0.284 e. The van der Waals surface area contributed by atoms with Gasteiger partial charge in [0.05, 0.1) is 29.7 Å². The summed E-state index contributed by atoms with van der Waals surface area (Å²) in [7, 11) is 1.58. The van der Waals surface area contributed by atoms with E-state index in [-0.39, 0.29) is 16.5 Å². The lowest BCUT2D eigenvalue weighted by Gasteiger charge is -2.16. The molecule has 0 aliphatic carbocycles. The minimum atomic E-state index is -0.341. The molecule has 174 valence electrons. The first-order chi connectivity index (χ1) is 16.6. The highest BCUT2D eigenvalue weighted by molar-refractivity contribution is 5.95. The van der Waals surface area contributed by atoms with Gasteiger partial charge in [0, 0.05) is 13.0 Å². The van der Waals surface area contributed by atoms with E-state index >= 15 is 0 Å². The summed E-state index contributed by atoms with van der Waals surface area (Å²) in [5.41, 5.74) is 2.45. The Kier molecular flexibility index (Phi) is 7.22. The zero-order valence-corrected chi connectivity index (χ0v) is 19.0. The van der Waals surface area contributed by atoms with Gasteiger partial charge in [-0.3, -0.25) is 14.9 Å². The number of nitrogens with zero attached hydrogens (tertiary/aromatic N) is 2. The quantitative estimate of drug-likeness (QED) is 0.259. The number of methoxy groups -OCH3 is 1. The number of likely N-dealkylation sites (tertiary alicyclic amines) is 1. The standard InChI is InChI=1S/C27H26N2O5/c1-33-23-13-9-20(10-14-23)26(27(29(31)32)22-6-3-2-4-7-22)21-11-15-24(16-12-21)34-19-18-28-17-5-8-25(28)30/h2-4,6-7,9-16H,5,8,17-19H2,1H3/b27-26+. The number of benzene rings is 3. The Morgan fingerprint density at radius 1 is 0.912 bits per heavy atom. The first kappa shape index (κ1) is 23.0. The minimum absolute atomic E-state index is 0.0204. The number of ether oxygens (including phenoxy) is 2. The van der Waals surface area contributed by atoms with E-state index in [1.165, 1.54) is 0 Å². The van der Waals surface area contributed by atoms with Crippen LogP contribution in [-0.4, -0.2) is 42.5 Å². The first-order valence-corrected chi connectivity index (χ1v) is 11.2. The van der Waals surface area contributed by atoms with Crippen LogP contribution in [-0.2, 0) is 4.79 Å². The third-order valence-corrected chi connectivity index (χ3v) is 5.79.